The maximum atomic E-state index is 14.4. The minimum Gasteiger partial charge on any atom is -0.442 e. The Bertz CT molecular complexity index is 994. The largest absolute Gasteiger partial charge is 0.442 e. The van der Waals surface area contributed by atoms with Gasteiger partial charge in [0.25, 0.3) is 5.91 Å². The van der Waals surface area contributed by atoms with Crippen molar-refractivity contribution in [2.24, 2.45) is 0 Å². The fraction of sp³-hybridized carbons (Fsp3) is 0.235. The van der Waals surface area contributed by atoms with Crippen LogP contribution >= 0.6 is 12.2 Å². The van der Waals surface area contributed by atoms with Crippen molar-refractivity contribution in [3.8, 4) is 0 Å². The first-order valence-electron chi connectivity index (χ1n) is 8.32. The molecule has 1 aromatic heterocycles. The van der Waals surface area contributed by atoms with Crippen LogP contribution in [0.15, 0.2) is 34.7 Å². The van der Waals surface area contributed by atoms with E-state index in [1.54, 1.807) is 6.92 Å². The Labute approximate surface area is 168 Å². The van der Waals surface area contributed by atoms with Crippen molar-refractivity contribution in [1.82, 2.24) is 5.32 Å². The highest BCUT2D eigenvalue weighted by molar-refractivity contribution is 7.80. The molecule has 1 saturated heterocycles. The number of carbonyl (C=O) groups excluding carboxylic acids is 2. The van der Waals surface area contributed by atoms with Gasteiger partial charge in [-0.05, 0) is 31.2 Å². The number of ether oxygens (including phenoxy) is 1. The molecule has 29 heavy (non-hydrogen) atoms. The Hall–Kier alpha value is -3.54. The van der Waals surface area contributed by atoms with Crippen LogP contribution in [0.5, 0.6) is 0 Å². The zero-order valence-electron chi connectivity index (χ0n) is 15.0. The van der Waals surface area contributed by atoms with Gasteiger partial charge in [-0.1, -0.05) is 12.2 Å². The summed E-state index contributed by atoms with van der Waals surface area (Å²) in [4.78, 5) is 35.7. The van der Waals surface area contributed by atoms with E-state index < -0.39 is 34.7 Å². The smallest absolute Gasteiger partial charge is 0.433 e. The predicted octanol–water partition coefficient (Wildman–Crippen LogP) is 2.84. The summed E-state index contributed by atoms with van der Waals surface area (Å²) < 4.78 is 24.4. The number of rotatable bonds is 6. The van der Waals surface area contributed by atoms with Crippen LogP contribution in [0.1, 0.15) is 17.5 Å². The van der Waals surface area contributed by atoms with Gasteiger partial charge in [0.15, 0.2) is 5.76 Å². The molecule has 2 N–H and O–H groups in total. The maximum absolute atomic E-state index is 14.4. The average Bonchev–Trinajstić information content (AvgIpc) is 3.29. The second-order valence-electron chi connectivity index (χ2n) is 6.07. The summed E-state index contributed by atoms with van der Waals surface area (Å²) in [5.41, 5.74) is 0.0700. The van der Waals surface area contributed by atoms with E-state index in [4.69, 9.17) is 21.4 Å². The number of amides is 2. The first-order valence-corrected chi connectivity index (χ1v) is 8.73. The fourth-order valence-corrected chi connectivity index (χ4v) is 2.68. The average molecular weight is 422 g/mol. The molecule has 0 spiro atoms. The highest BCUT2D eigenvalue weighted by Gasteiger charge is 2.32. The number of benzene rings is 1. The van der Waals surface area contributed by atoms with Crippen LogP contribution in [-0.2, 0) is 4.74 Å². The van der Waals surface area contributed by atoms with Crippen molar-refractivity contribution in [3.63, 3.8) is 0 Å². The topological polar surface area (TPSA) is 127 Å². The van der Waals surface area contributed by atoms with Gasteiger partial charge in [-0.3, -0.25) is 19.8 Å². The lowest BCUT2D eigenvalue weighted by Crippen LogP contribution is -2.32. The number of thiocarbonyl (C=S) groups is 1. The Balaban J connectivity index is 1.68. The highest BCUT2D eigenvalue weighted by Crippen LogP contribution is 2.26. The number of nitro groups is 1. The molecule has 1 atom stereocenters. The number of nitrogens with one attached hydrogen (secondary N) is 2. The third-order valence-electron chi connectivity index (χ3n) is 3.96. The molecular formula is C17H15FN4O6S. The van der Waals surface area contributed by atoms with Gasteiger partial charge in [0.1, 0.15) is 16.8 Å². The number of furan rings is 1. The van der Waals surface area contributed by atoms with Crippen molar-refractivity contribution < 1.29 is 28.1 Å². The number of halogens is 1. The van der Waals surface area contributed by atoms with E-state index >= 15 is 0 Å². The van der Waals surface area contributed by atoms with E-state index in [-0.39, 0.29) is 23.7 Å². The summed E-state index contributed by atoms with van der Waals surface area (Å²) >= 11 is 4.91. The summed E-state index contributed by atoms with van der Waals surface area (Å²) in [6.07, 6.45) is -1.07. The molecule has 0 bridgehead atoms. The van der Waals surface area contributed by atoms with Crippen LogP contribution in [0.2, 0.25) is 0 Å². The van der Waals surface area contributed by atoms with Crippen LogP contribution < -0.4 is 15.5 Å². The predicted molar refractivity (Wildman–Crippen MR) is 104 cm³/mol. The third kappa shape index (κ3) is 4.66. The number of anilines is 2. The molecule has 3 rings (SSSR count). The number of hydrogen-bond donors (Lipinski definition) is 2. The second kappa shape index (κ2) is 8.22. The third-order valence-corrected chi connectivity index (χ3v) is 4.11. The van der Waals surface area contributed by atoms with E-state index in [0.717, 1.165) is 18.2 Å². The van der Waals surface area contributed by atoms with Crippen molar-refractivity contribution in [2.75, 3.05) is 23.3 Å². The lowest BCUT2D eigenvalue weighted by atomic mass is 10.2. The second-order valence-corrected chi connectivity index (χ2v) is 6.68. The van der Waals surface area contributed by atoms with Crippen molar-refractivity contribution in [1.29, 1.82) is 0 Å². The maximum Gasteiger partial charge on any atom is 0.433 e. The molecule has 0 unspecified atom stereocenters. The first kappa shape index (κ1) is 20.2. The molecule has 152 valence electrons. The van der Waals surface area contributed by atoms with Crippen LogP contribution in [0, 0.1) is 15.9 Å². The molecule has 0 aliphatic carbocycles. The molecular weight excluding hydrogens is 407 g/mol. The van der Waals surface area contributed by atoms with Gasteiger partial charge in [0, 0.05) is 0 Å². The summed E-state index contributed by atoms with van der Waals surface area (Å²) in [7, 11) is 0. The fourth-order valence-electron chi connectivity index (χ4n) is 2.60. The Morgan fingerprint density at radius 3 is 2.79 bits per heavy atom. The molecule has 1 aromatic carbocycles. The van der Waals surface area contributed by atoms with E-state index in [1.807, 2.05) is 0 Å². The molecule has 1 aliphatic rings. The van der Waals surface area contributed by atoms with Gasteiger partial charge < -0.3 is 19.8 Å². The SMILES string of the molecule is CC(=S)NC[C@H]1CN(c2ccc(NC(=O)c3ccc([N+](=O)[O-])o3)c(F)c2)C(=O)O1. The quantitative estimate of drug-likeness (QED) is 0.413. The molecule has 2 heterocycles. The zero-order chi connectivity index (χ0) is 21.1. The van der Waals surface area contributed by atoms with Gasteiger partial charge in [-0.15, -0.1) is 0 Å². The molecule has 12 heteroatoms. The van der Waals surface area contributed by atoms with Gasteiger partial charge in [-0.2, -0.15) is 0 Å². The number of nitrogens with zero attached hydrogens (tertiary/aromatic N) is 2. The molecule has 0 saturated carbocycles. The van der Waals surface area contributed by atoms with Crippen LogP contribution in [0.3, 0.4) is 0 Å². The molecule has 2 amide bonds. The van der Waals surface area contributed by atoms with Crippen molar-refractivity contribution in [2.45, 2.75) is 13.0 Å². The van der Waals surface area contributed by atoms with Gasteiger partial charge >= 0.3 is 12.0 Å². The van der Waals surface area contributed by atoms with Crippen molar-refractivity contribution >= 4 is 46.5 Å². The summed E-state index contributed by atoms with van der Waals surface area (Å²) in [5.74, 6) is -2.60. The highest BCUT2D eigenvalue weighted by atomic mass is 32.1. The molecule has 2 aromatic rings. The van der Waals surface area contributed by atoms with Gasteiger partial charge in [-0.25, -0.2) is 9.18 Å². The number of carbonyl (C=O) groups is 2. The van der Waals surface area contributed by atoms with E-state index in [0.29, 0.717) is 11.5 Å². The summed E-state index contributed by atoms with van der Waals surface area (Å²) in [6.45, 7) is 2.24. The van der Waals surface area contributed by atoms with E-state index in [1.165, 1.54) is 17.0 Å². The summed E-state index contributed by atoms with van der Waals surface area (Å²) in [5, 5.41) is 15.8. The van der Waals surface area contributed by atoms with Gasteiger partial charge in [0.05, 0.1) is 35.5 Å². The lowest BCUT2D eigenvalue weighted by Gasteiger charge is -2.14. The van der Waals surface area contributed by atoms with Crippen LogP contribution in [0.4, 0.5) is 26.4 Å². The normalized spacial score (nSPS) is 15.7. The minimum atomic E-state index is -0.855. The number of hydrogen-bond acceptors (Lipinski definition) is 7. The Kier molecular flexibility index (Phi) is 5.73. The monoisotopic (exact) mass is 422 g/mol. The van der Waals surface area contributed by atoms with Crippen molar-refractivity contribution in [3.05, 3.63) is 52.0 Å². The number of cyclic esters (lactones) is 1. The van der Waals surface area contributed by atoms with Gasteiger partial charge in [0.2, 0.25) is 0 Å². The summed E-state index contributed by atoms with van der Waals surface area (Å²) in [6, 6.07) is 5.90. The first-order chi connectivity index (χ1) is 13.7. The standard InChI is InChI=1S/C17H15FN4O6S/c1-9(29)19-7-11-8-21(17(24)27-11)10-2-3-13(12(18)6-10)20-16(23)14-4-5-15(28-14)22(25)26/h2-6,11H,7-8H2,1H3,(H,19,29)(H,20,23)/t11-/m0/s1. The van der Waals surface area contributed by atoms with E-state index in [9.17, 15) is 24.1 Å². The molecule has 1 fully saturated rings. The minimum absolute atomic E-state index is 0.181. The van der Waals surface area contributed by atoms with E-state index in [2.05, 4.69) is 10.6 Å². The van der Waals surface area contributed by atoms with Crippen LogP contribution in [-0.4, -0.2) is 41.1 Å². The molecule has 1 aliphatic heterocycles. The molecule has 0 radical (unpaired) electrons. The molecule has 10 nitrogen and oxygen atoms in total. The van der Waals surface area contributed by atoms with Crippen LogP contribution in [0.25, 0.3) is 0 Å². The Morgan fingerprint density at radius 2 is 2.17 bits per heavy atom. The Morgan fingerprint density at radius 1 is 1.41 bits per heavy atom. The lowest BCUT2D eigenvalue weighted by molar-refractivity contribution is -0.402. The zero-order valence-corrected chi connectivity index (χ0v) is 15.8.